The molecule has 1 aliphatic carbocycles. The fraction of sp³-hybridized carbons (Fsp3) is 0.419. The monoisotopic (exact) mass is 528 g/mol. The Hall–Kier alpha value is -3.99. The number of halogens is 1. The summed E-state index contributed by atoms with van der Waals surface area (Å²) in [6, 6.07) is 13.8. The second kappa shape index (κ2) is 9.96. The van der Waals surface area contributed by atoms with Crippen molar-refractivity contribution in [3.05, 3.63) is 65.6 Å². The number of pyridine rings is 1. The van der Waals surface area contributed by atoms with Gasteiger partial charge in [0.05, 0.1) is 16.8 Å². The normalized spacial score (nSPS) is 22.0. The van der Waals surface area contributed by atoms with E-state index in [1.807, 2.05) is 44.7 Å². The van der Waals surface area contributed by atoms with Gasteiger partial charge in [-0.2, -0.15) is 5.26 Å². The summed E-state index contributed by atoms with van der Waals surface area (Å²) in [6.45, 7) is 9.41. The molecule has 2 heterocycles. The maximum absolute atomic E-state index is 15.1. The third-order valence-electron chi connectivity index (χ3n) is 8.49. The maximum Gasteiger partial charge on any atom is 0.251 e. The molecule has 1 aromatic heterocycles. The van der Waals surface area contributed by atoms with Gasteiger partial charge < -0.3 is 19.7 Å². The molecule has 2 aromatic carbocycles. The summed E-state index contributed by atoms with van der Waals surface area (Å²) in [5.74, 6) is -0.105. The highest BCUT2D eigenvalue weighted by Gasteiger charge is 2.64. The average molecular weight is 529 g/mol. The van der Waals surface area contributed by atoms with E-state index < -0.39 is 16.6 Å². The molecule has 0 atom stereocenters. The molecule has 8 heteroatoms. The van der Waals surface area contributed by atoms with Crippen LogP contribution in [0.15, 0.2) is 48.7 Å². The highest BCUT2D eigenvalue weighted by Crippen LogP contribution is 2.56. The van der Waals surface area contributed by atoms with Crippen LogP contribution in [-0.2, 0) is 4.79 Å². The zero-order valence-electron chi connectivity index (χ0n) is 22.7. The molecule has 0 radical (unpaired) electrons. The topological polar surface area (TPSA) is 95.3 Å². The first-order valence-corrected chi connectivity index (χ1v) is 13.3. The molecule has 5 rings (SSSR count). The van der Waals surface area contributed by atoms with Gasteiger partial charge in [0.15, 0.2) is 0 Å². The van der Waals surface area contributed by atoms with Gasteiger partial charge in [-0.1, -0.05) is 27.7 Å². The lowest BCUT2D eigenvalue weighted by Gasteiger charge is -2.63. The van der Waals surface area contributed by atoms with Gasteiger partial charge in [-0.3, -0.25) is 9.78 Å². The lowest BCUT2D eigenvalue weighted by atomic mass is 9.49. The third kappa shape index (κ3) is 4.60. The Balaban J connectivity index is 1.31. The smallest absolute Gasteiger partial charge is 0.251 e. The molecular weight excluding hydrogens is 495 g/mol. The van der Waals surface area contributed by atoms with Crippen LogP contribution in [0.4, 0.5) is 10.1 Å². The number of aromatic nitrogens is 1. The maximum atomic E-state index is 15.1. The highest BCUT2D eigenvalue weighted by molar-refractivity contribution is 5.95. The first-order chi connectivity index (χ1) is 18.6. The second-order valence-corrected chi connectivity index (χ2v) is 11.8. The van der Waals surface area contributed by atoms with Gasteiger partial charge in [-0.25, -0.2) is 4.39 Å². The molecule has 3 aromatic rings. The van der Waals surface area contributed by atoms with Crippen molar-refractivity contribution < 1.29 is 18.7 Å². The van der Waals surface area contributed by atoms with Crippen LogP contribution in [0.3, 0.4) is 0 Å². The fourth-order valence-electron chi connectivity index (χ4n) is 6.66. The number of piperidine rings is 1. The molecule has 1 amide bonds. The van der Waals surface area contributed by atoms with Crippen LogP contribution < -0.4 is 15.0 Å². The minimum Gasteiger partial charge on any atom is -0.488 e. The Morgan fingerprint density at radius 3 is 2.51 bits per heavy atom. The molecule has 2 aliphatic rings. The van der Waals surface area contributed by atoms with Crippen LogP contribution in [0, 0.1) is 33.9 Å². The number of nitriles is 1. The van der Waals surface area contributed by atoms with E-state index in [1.165, 1.54) is 6.07 Å². The lowest BCUT2D eigenvalue weighted by Crippen LogP contribution is -2.74. The number of amides is 1. The van der Waals surface area contributed by atoms with Crippen molar-refractivity contribution in [2.24, 2.45) is 16.7 Å². The molecule has 1 saturated carbocycles. The SMILES string of the molecule is CC1(C)C(NC(=O)c2ccc(N3CCC(C=O)CC3)c(F)c2)C(C)(C)C1Oc1ccc(C#N)c2ncccc12. The minimum atomic E-state index is -0.443. The van der Waals surface area contributed by atoms with Gasteiger partial charge in [0.1, 0.15) is 30.0 Å². The molecule has 0 unspecified atom stereocenters. The molecule has 39 heavy (non-hydrogen) atoms. The first kappa shape index (κ1) is 26.6. The number of rotatable bonds is 6. The molecule has 0 bridgehead atoms. The van der Waals surface area contributed by atoms with Crippen molar-refractivity contribution in [3.63, 3.8) is 0 Å². The first-order valence-electron chi connectivity index (χ1n) is 13.3. The largest absolute Gasteiger partial charge is 0.488 e. The van der Waals surface area contributed by atoms with Gasteiger partial charge in [-0.05, 0) is 55.3 Å². The van der Waals surface area contributed by atoms with Crippen LogP contribution in [0.1, 0.15) is 56.5 Å². The van der Waals surface area contributed by atoms with Crippen molar-refractivity contribution in [2.75, 3.05) is 18.0 Å². The summed E-state index contributed by atoms with van der Waals surface area (Å²) in [5.41, 5.74) is 0.943. The summed E-state index contributed by atoms with van der Waals surface area (Å²) >= 11 is 0. The zero-order valence-corrected chi connectivity index (χ0v) is 22.7. The molecule has 1 aliphatic heterocycles. The van der Waals surface area contributed by atoms with Crippen molar-refractivity contribution in [3.8, 4) is 11.8 Å². The van der Waals surface area contributed by atoms with Gasteiger partial charge >= 0.3 is 0 Å². The number of hydrogen-bond donors (Lipinski definition) is 1. The number of benzene rings is 2. The predicted molar refractivity (Wildman–Crippen MR) is 147 cm³/mol. The van der Waals surface area contributed by atoms with Crippen LogP contribution in [0.5, 0.6) is 5.75 Å². The van der Waals surface area contributed by atoms with E-state index in [1.54, 1.807) is 30.5 Å². The molecule has 1 saturated heterocycles. The van der Waals surface area contributed by atoms with Gasteiger partial charge in [0.25, 0.3) is 5.91 Å². The van der Waals surface area contributed by atoms with Crippen LogP contribution in [-0.4, -0.2) is 42.4 Å². The number of nitrogens with one attached hydrogen (secondary N) is 1. The number of aldehydes is 1. The molecule has 1 N–H and O–H groups in total. The van der Waals surface area contributed by atoms with Gasteiger partial charge in [0, 0.05) is 53.0 Å². The Labute approximate surface area is 228 Å². The van der Waals surface area contributed by atoms with E-state index in [2.05, 4.69) is 16.4 Å². The highest BCUT2D eigenvalue weighted by atomic mass is 19.1. The predicted octanol–water partition coefficient (Wildman–Crippen LogP) is 5.27. The number of fused-ring (bicyclic) bond motifs is 1. The number of nitrogens with zero attached hydrogens (tertiary/aromatic N) is 3. The van der Waals surface area contributed by atoms with Crippen molar-refractivity contribution in [2.45, 2.75) is 52.7 Å². The molecule has 2 fully saturated rings. The van der Waals surface area contributed by atoms with Crippen molar-refractivity contribution in [1.29, 1.82) is 5.26 Å². The molecule has 202 valence electrons. The van der Waals surface area contributed by atoms with E-state index in [0.29, 0.717) is 48.4 Å². The summed E-state index contributed by atoms with van der Waals surface area (Å²) < 4.78 is 21.6. The summed E-state index contributed by atoms with van der Waals surface area (Å²) in [6.07, 6.45) is 3.80. The molecule has 0 spiro atoms. The quantitative estimate of drug-likeness (QED) is 0.438. The Morgan fingerprint density at radius 2 is 1.87 bits per heavy atom. The number of carbonyl (C=O) groups is 2. The Morgan fingerprint density at radius 1 is 1.15 bits per heavy atom. The number of anilines is 1. The average Bonchev–Trinajstić information content (AvgIpc) is 2.94. The van der Waals surface area contributed by atoms with E-state index in [9.17, 15) is 14.9 Å². The minimum absolute atomic E-state index is 0.0312. The fourth-order valence-corrected chi connectivity index (χ4v) is 6.66. The molecule has 7 nitrogen and oxygen atoms in total. The Bertz CT molecular complexity index is 1450. The summed E-state index contributed by atoms with van der Waals surface area (Å²) in [4.78, 5) is 30.6. The lowest BCUT2D eigenvalue weighted by molar-refractivity contribution is -0.163. The summed E-state index contributed by atoms with van der Waals surface area (Å²) in [5, 5.41) is 13.3. The Kier molecular flexibility index (Phi) is 6.79. The van der Waals surface area contributed by atoms with Crippen LogP contribution >= 0.6 is 0 Å². The van der Waals surface area contributed by atoms with E-state index >= 15 is 4.39 Å². The van der Waals surface area contributed by atoms with Crippen molar-refractivity contribution >= 4 is 28.8 Å². The van der Waals surface area contributed by atoms with Gasteiger partial charge in [0.2, 0.25) is 0 Å². The number of ether oxygens (including phenoxy) is 1. The number of hydrogen-bond acceptors (Lipinski definition) is 6. The van der Waals surface area contributed by atoms with Gasteiger partial charge in [-0.15, -0.1) is 0 Å². The second-order valence-electron chi connectivity index (χ2n) is 11.8. The van der Waals surface area contributed by atoms with E-state index in [0.717, 1.165) is 11.7 Å². The van der Waals surface area contributed by atoms with Crippen LogP contribution in [0.2, 0.25) is 0 Å². The zero-order chi connectivity index (χ0) is 27.9. The molecular formula is C31H33FN4O3. The summed E-state index contributed by atoms with van der Waals surface area (Å²) in [7, 11) is 0. The van der Waals surface area contributed by atoms with E-state index in [4.69, 9.17) is 4.74 Å². The standard InChI is InChI=1S/C31H33FN4O3/c1-30(2)28(31(3,4)29(30)39-25-10-8-21(17-33)26-22(25)6-5-13-34-26)35-27(38)20-7-9-24(23(32)16-20)36-14-11-19(18-37)12-15-36/h5-10,13,16,18-19,28-29H,11-12,14-15H2,1-4H3,(H,35,38). The van der Waals surface area contributed by atoms with E-state index in [-0.39, 0.29) is 29.5 Å². The van der Waals surface area contributed by atoms with Crippen molar-refractivity contribution in [1.82, 2.24) is 10.3 Å². The number of carbonyl (C=O) groups excluding carboxylic acids is 2. The van der Waals surface area contributed by atoms with Crippen LogP contribution in [0.25, 0.3) is 10.9 Å². The third-order valence-corrected chi connectivity index (χ3v) is 8.49.